The Morgan fingerprint density at radius 3 is 2.69 bits per heavy atom. The number of anilines is 1. The molecule has 0 aliphatic rings. The van der Waals surface area contributed by atoms with Crippen LogP contribution in [0.3, 0.4) is 0 Å². The van der Waals surface area contributed by atoms with E-state index in [1.54, 1.807) is 12.3 Å². The van der Waals surface area contributed by atoms with E-state index >= 15 is 0 Å². The molecule has 0 fully saturated rings. The highest BCUT2D eigenvalue weighted by molar-refractivity contribution is 7.14. The SMILES string of the molecule is CCOc1cc(C=NNc2nc(-c3ccccc3)cs2)ccc1OCc1cccc(F)c1. The third kappa shape index (κ3) is 5.70. The second kappa shape index (κ2) is 10.5. The first-order chi connectivity index (χ1) is 15.7. The van der Waals surface area contributed by atoms with Crippen LogP contribution in [-0.2, 0) is 6.61 Å². The van der Waals surface area contributed by atoms with Gasteiger partial charge in [0.15, 0.2) is 11.5 Å². The molecule has 1 heterocycles. The van der Waals surface area contributed by atoms with Crippen molar-refractivity contribution in [3.8, 4) is 22.8 Å². The van der Waals surface area contributed by atoms with Crippen molar-refractivity contribution in [2.24, 2.45) is 5.10 Å². The summed E-state index contributed by atoms with van der Waals surface area (Å²) in [6, 6.07) is 21.9. The van der Waals surface area contributed by atoms with E-state index in [1.807, 2.05) is 66.9 Å². The fourth-order valence-corrected chi connectivity index (χ4v) is 3.68. The van der Waals surface area contributed by atoms with Gasteiger partial charge in [0.05, 0.1) is 18.5 Å². The van der Waals surface area contributed by atoms with Crippen LogP contribution in [0.1, 0.15) is 18.1 Å². The highest BCUT2D eigenvalue weighted by Gasteiger charge is 2.07. The number of hydrogen-bond acceptors (Lipinski definition) is 6. The molecule has 0 saturated carbocycles. The van der Waals surface area contributed by atoms with Gasteiger partial charge in [0.2, 0.25) is 5.13 Å². The number of hydrazone groups is 1. The molecule has 0 spiro atoms. The zero-order valence-corrected chi connectivity index (χ0v) is 18.3. The molecule has 3 aromatic carbocycles. The monoisotopic (exact) mass is 447 g/mol. The van der Waals surface area contributed by atoms with E-state index in [4.69, 9.17) is 9.47 Å². The smallest absolute Gasteiger partial charge is 0.203 e. The second-order valence-electron chi connectivity index (χ2n) is 6.83. The van der Waals surface area contributed by atoms with Gasteiger partial charge in [-0.25, -0.2) is 9.37 Å². The van der Waals surface area contributed by atoms with Gasteiger partial charge in [-0.05, 0) is 48.4 Å². The molecule has 4 aromatic rings. The molecule has 0 atom stereocenters. The summed E-state index contributed by atoms with van der Waals surface area (Å²) in [4.78, 5) is 4.55. The number of thiazole rings is 1. The average molecular weight is 448 g/mol. The summed E-state index contributed by atoms with van der Waals surface area (Å²) in [5.74, 6) is 0.911. The van der Waals surface area contributed by atoms with Crippen LogP contribution in [0.25, 0.3) is 11.3 Å². The Morgan fingerprint density at radius 1 is 1.00 bits per heavy atom. The number of ether oxygens (including phenoxy) is 2. The minimum Gasteiger partial charge on any atom is -0.490 e. The lowest BCUT2D eigenvalue weighted by atomic mass is 10.2. The highest BCUT2D eigenvalue weighted by atomic mass is 32.1. The van der Waals surface area contributed by atoms with Gasteiger partial charge in [0.25, 0.3) is 0 Å². The molecule has 0 amide bonds. The Hall–Kier alpha value is -3.71. The topological polar surface area (TPSA) is 55.7 Å². The van der Waals surface area contributed by atoms with Crippen LogP contribution in [0, 0.1) is 5.82 Å². The predicted octanol–water partition coefficient (Wildman–Crippen LogP) is 6.37. The van der Waals surface area contributed by atoms with Crippen molar-refractivity contribution < 1.29 is 13.9 Å². The first kappa shape index (κ1) is 21.5. The molecule has 0 bridgehead atoms. The Balaban J connectivity index is 1.40. The van der Waals surface area contributed by atoms with Crippen molar-refractivity contribution in [3.05, 3.63) is 95.1 Å². The van der Waals surface area contributed by atoms with E-state index in [0.29, 0.717) is 23.2 Å². The van der Waals surface area contributed by atoms with Crippen molar-refractivity contribution in [2.75, 3.05) is 12.0 Å². The Kier molecular flexibility index (Phi) is 7.09. The summed E-state index contributed by atoms with van der Waals surface area (Å²) in [7, 11) is 0. The maximum Gasteiger partial charge on any atom is 0.203 e. The van der Waals surface area contributed by atoms with E-state index < -0.39 is 0 Å². The zero-order chi connectivity index (χ0) is 22.2. The minimum absolute atomic E-state index is 0.251. The van der Waals surface area contributed by atoms with Crippen LogP contribution >= 0.6 is 11.3 Å². The van der Waals surface area contributed by atoms with Crippen LogP contribution in [-0.4, -0.2) is 17.8 Å². The van der Waals surface area contributed by atoms with E-state index in [1.165, 1.54) is 23.5 Å². The van der Waals surface area contributed by atoms with Crippen molar-refractivity contribution in [1.82, 2.24) is 4.98 Å². The van der Waals surface area contributed by atoms with Gasteiger partial charge < -0.3 is 9.47 Å². The summed E-state index contributed by atoms with van der Waals surface area (Å²) in [6.07, 6.45) is 1.70. The molecule has 162 valence electrons. The van der Waals surface area contributed by atoms with Gasteiger partial charge in [0.1, 0.15) is 12.4 Å². The Bertz CT molecular complexity index is 1190. The second-order valence-corrected chi connectivity index (χ2v) is 7.69. The fraction of sp³-hybridized carbons (Fsp3) is 0.120. The van der Waals surface area contributed by atoms with Crippen molar-refractivity contribution in [3.63, 3.8) is 0 Å². The quantitative estimate of drug-likeness (QED) is 0.239. The summed E-state index contributed by atoms with van der Waals surface area (Å²) in [6.45, 7) is 2.66. The maximum atomic E-state index is 13.4. The number of hydrogen-bond donors (Lipinski definition) is 1. The molecule has 0 aliphatic carbocycles. The van der Waals surface area contributed by atoms with Crippen molar-refractivity contribution in [1.29, 1.82) is 0 Å². The van der Waals surface area contributed by atoms with Gasteiger partial charge in [-0.2, -0.15) is 5.10 Å². The van der Waals surface area contributed by atoms with Gasteiger partial charge in [-0.15, -0.1) is 11.3 Å². The van der Waals surface area contributed by atoms with E-state index in [2.05, 4.69) is 15.5 Å². The first-order valence-electron chi connectivity index (χ1n) is 10.2. The van der Waals surface area contributed by atoms with Crippen LogP contribution < -0.4 is 14.9 Å². The van der Waals surface area contributed by atoms with Gasteiger partial charge >= 0.3 is 0 Å². The summed E-state index contributed by atoms with van der Waals surface area (Å²) in [5, 5.41) is 6.99. The third-order valence-corrected chi connectivity index (χ3v) is 5.25. The van der Waals surface area contributed by atoms with E-state index in [0.717, 1.165) is 22.4 Å². The normalized spacial score (nSPS) is 10.9. The standard InChI is InChI=1S/C25H22FN3O2S/c1-2-30-24-14-18(11-12-23(24)31-16-19-7-6-10-21(26)13-19)15-27-29-25-28-22(17-32-25)20-8-4-3-5-9-20/h3-15,17H,2,16H2,1H3,(H,28,29). The first-order valence-corrected chi connectivity index (χ1v) is 11.0. The maximum absolute atomic E-state index is 13.4. The molecule has 0 saturated heterocycles. The average Bonchev–Trinajstić information content (AvgIpc) is 3.28. The molecule has 1 aromatic heterocycles. The zero-order valence-electron chi connectivity index (χ0n) is 17.5. The number of aromatic nitrogens is 1. The van der Waals surface area contributed by atoms with Crippen molar-refractivity contribution >= 4 is 22.7 Å². The molecule has 32 heavy (non-hydrogen) atoms. The van der Waals surface area contributed by atoms with E-state index in [-0.39, 0.29) is 12.4 Å². The highest BCUT2D eigenvalue weighted by Crippen LogP contribution is 2.29. The Morgan fingerprint density at radius 2 is 1.88 bits per heavy atom. The summed E-state index contributed by atoms with van der Waals surface area (Å²) in [5.41, 5.74) is 6.54. The molecule has 4 rings (SSSR count). The molecule has 0 unspecified atom stereocenters. The predicted molar refractivity (Wildman–Crippen MR) is 127 cm³/mol. The number of rotatable bonds is 9. The van der Waals surface area contributed by atoms with E-state index in [9.17, 15) is 4.39 Å². The summed E-state index contributed by atoms with van der Waals surface area (Å²) < 4.78 is 24.9. The number of nitrogens with one attached hydrogen (secondary N) is 1. The lowest BCUT2D eigenvalue weighted by Gasteiger charge is -2.12. The molecule has 5 nitrogen and oxygen atoms in total. The van der Waals surface area contributed by atoms with Crippen LogP contribution in [0.15, 0.2) is 83.3 Å². The van der Waals surface area contributed by atoms with Crippen LogP contribution in [0.4, 0.5) is 9.52 Å². The number of benzene rings is 3. The minimum atomic E-state index is -0.286. The molecule has 0 radical (unpaired) electrons. The van der Waals surface area contributed by atoms with Crippen LogP contribution in [0.5, 0.6) is 11.5 Å². The van der Waals surface area contributed by atoms with Crippen LogP contribution in [0.2, 0.25) is 0 Å². The molecular formula is C25H22FN3O2S. The molecule has 7 heteroatoms. The lowest BCUT2D eigenvalue weighted by Crippen LogP contribution is -2.01. The number of nitrogens with zero attached hydrogens (tertiary/aromatic N) is 2. The summed E-state index contributed by atoms with van der Waals surface area (Å²) >= 11 is 1.49. The van der Waals surface area contributed by atoms with Gasteiger partial charge in [-0.3, -0.25) is 5.43 Å². The molecule has 0 aliphatic heterocycles. The lowest BCUT2D eigenvalue weighted by molar-refractivity contribution is 0.269. The fourth-order valence-electron chi connectivity index (χ4n) is 3.01. The third-order valence-electron chi connectivity index (χ3n) is 4.50. The van der Waals surface area contributed by atoms with Gasteiger partial charge in [-0.1, -0.05) is 42.5 Å². The van der Waals surface area contributed by atoms with Gasteiger partial charge in [0, 0.05) is 10.9 Å². The largest absolute Gasteiger partial charge is 0.490 e. The Labute approximate surface area is 190 Å². The molecular weight excluding hydrogens is 425 g/mol. The van der Waals surface area contributed by atoms with Crippen molar-refractivity contribution in [2.45, 2.75) is 13.5 Å². The molecule has 1 N–H and O–H groups in total. The number of halogens is 1.